The second-order valence-corrected chi connectivity index (χ2v) is 6.21. The molecule has 0 radical (unpaired) electrons. The van der Waals surface area contributed by atoms with Crippen LogP contribution >= 0.6 is 0 Å². The monoisotopic (exact) mass is 269 g/mol. The molecule has 1 aliphatic carbocycles. The summed E-state index contributed by atoms with van der Waals surface area (Å²) in [6.45, 7) is 10.8. The van der Waals surface area contributed by atoms with Crippen LogP contribution in [0.25, 0.3) is 0 Å². The number of nitrogens with zero attached hydrogens (tertiary/aromatic N) is 2. The molecule has 0 bridgehead atoms. The van der Waals surface area contributed by atoms with Crippen LogP contribution in [0.2, 0.25) is 0 Å². The van der Waals surface area contributed by atoms with E-state index in [-0.39, 0.29) is 0 Å². The summed E-state index contributed by atoms with van der Waals surface area (Å²) >= 11 is 0. The number of aliphatic hydroxyl groups excluding tert-OH is 1. The fourth-order valence-corrected chi connectivity index (χ4v) is 2.89. The minimum absolute atomic E-state index is 0.295. The molecule has 1 saturated carbocycles. The minimum Gasteiger partial charge on any atom is -0.396 e. The fraction of sp³-hybridized carbons (Fsp3) is 1.00. The number of rotatable bonds is 9. The molecular weight excluding hydrogens is 238 g/mol. The second-order valence-electron chi connectivity index (χ2n) is 6.21. The lowest BCUT2D eigenvalue weighted by Gasteiger charge is -2.36. The van der Waals surface area contributed by atoms with Crippen molar-refractivity contribution in [3.8, 4) is 0 Å². The Balaban J connectivity index is 1.63. The van der Waals surface area contributed by atoms with E-state index in [0.717, 1.165) is 31.8 Å². The van der Waals surface area contributed by atoms with Crippen molar-refractivity contribution in [2.75, 3.05) is 52.4 Å². The van der Waals surface area contributed by atoms with E-state index in [0.29, 0.717) is 12.6 Å². The van der Waals surface area contributed by atoms with E-state index >= 15 is 0 Å². The molecule has 0 spiro atoms. The van der Waals surface area contributed by atoms with Gasteiger partial charge < -0.3 is 15.3 Å². The van der Waals surface area contributed by atoms with Crippen LogP contribution in [0.3, 0.4) is 0 Å². The lowest BCUT2D eigenvalue weighted by Crippen LogP contribution is -2.51. The maximum Gasteiger partial charge on any atom is 0.0446 e. The molecule has 2 rings (SSSR count). The molecule has 1 unspecified atom stereocenters. The first kappa shape index (κ1) is 15.2. The van der Waals surface area contributed by atoms with E-state index in [1.165, 1.54) is 45.6 Å². The third kappa shape index (κ3) is 5.78. The zero-order chi connectivity index (χ0) is 13.5. The summed E-state index contributed by atoms with van der Waals surface area (Å²) in [5, 5.41) is 12.7. The standard InChI is InChI=1S/C15H31N3O/c1-2-6-16-15(5-11-19)13-18-9-7-17(8-10-18)12-14-3-4-14/h14-16,19H,2-13H2,1H3. The van der Waals surface area contributed by atoms with Crippen LogP contribution in [-0.4, -0.2) is 73.4 Å². The van der Waals surface area contributed by atoms with Crippen molar-refractivity contribution >= 4 is 0 Å². The molecule has 1 saturated heterocycles. The van der Waals surface area contributed by atoms with E-state index < -0.39 is 0 Å². The smallest absolute Gasteiger partial charge is 0.0446 e. The van der Waals surface area contributed by atoms with Crippen LogP contribution < -0.4 is 5.32 Å². The third-order valence-electron chi connectivity index (χ3n) is 4.32. The van der Waals surface area contributed by atoms with E-state index in [1.807, 2.05) is 0 Å². The van der Waals surface area contributed by atoms with Gasteiger partial charge in [0.2, 0.25) is 0 Å². The molecule has 0 aromatic rings. The van der Waals surface area contributed by atoms with Crippen molar-refractivity contribution in [1.29, 1.82) is 0 Å². The molecular formula is C15H31N3O. The van der Waals surface area contributed by atoms with Gasteiger partial charge in [-0.15, -0.1) is 0 Å². The van der Waals surface area contributed by atoms with Crippen LogP contribution in [-0.2, 0) is 0 Å². The summed E-state index contributed by atoms with van der Waals surface area (Å²) in [6, 6.07) is 0.458. The Kier molecular flexibility index (Phi) is 6.57. The molecule has 0 aromatic heterocycles. The van der Waals surface area contributed by atoms with Gasteiger partial charge in [-0.05, 0) is 38.1 Å². The molecule has 112 valence electrons. The van der Waals surface area contributed by atoms with Crippen LogP contribution in [0.5, 0.6) is 0 Å². The van der Waals surface area contributed by atoms with Crippen molar-refractivity contribution in [3.05, 3.63) is 0 Å². The van der Waals surface area contributed by atoms with Crippen molar-refractivity contribution in [3.63, 3.8) is 0 Å². The SMILES string of the molecule is CCCNC(CCO)CN1CCN(CC2CC2)CC1. The number of hydrogen-bond donors (Lipinski definition) is 2. The first-order valence-corrected chi connectivity index (χ1v) is 8.10. The maximum atomic E-state index is 9.15. The highest BCUT2D eigenvalue weighted by molar-refractivity contribution is 4.82. The summed E-state index contributed by atoms with van der Waals surface area (Å²) in [5.41, 5.74) is 0. The molecule has 2 aliphatic rings. The van der Waals surface area contributed by atoms with Crippen LogP contribution in [0, 0.1) is 5.92 Å². The predicted molar refractivity (Wildman–Crippen MR) is 79.4 cm³/mol. The normalized spacial score (nSPS) is 23.7. The van der Waals surface area contributed by atoms with Gasteiger partial charge in [0.1, 0.15) is 0 Å². The zero-order valence-corrected chi connectivity index (χ0v) is 12.5. The molecule has 1 aliphatic heterocycles. The van der Waals surface area contributed by atoms with E-state index in [1.54, 1.807) is 0 Å². The first-order valence-electron chi connectivity index (χ1n) is 8.10. The maximum absolute atomic E-state index is 9.15. The largest absolute Gasteiger partial charge is 0.396 e. The van der Waals surface area contributed by atoms with Crippen molar-refractivity contribution < 1.29 is 5.11 Å². The van der Waals surface area contributed by atoms with Crippen molar-refractivity contribution in [2.45, 2.75) is 38.6 Å². The van der Waals surface area contributed by atoms with E-state index in [4.69, 9.17) is 5.11 Å². The van der Waals surface area contributed by atoms with Crippen LogP contribution in [0.4, 0.5) is 0 Å². The molecule has 4 nitrogen and oxygen atoms in total. The molecule has 1 atom stereocenters. The highest BCUT2D eigenvalue weighted by Gasteiger charge is 2.26. The second kappa shape index (κ2) is 8.20. The topological polar surface area (TPSA) is 38.7 Å². The summed E-state index contributed by atoms with van der Waals surface area (Å²) in [4.78, 5) is 5.20. The van der Waals surface area contributed by atoms with Crippen LogP contribution in [0.15, 0.2) is 0 Å². The first-order chi connectivity index (χ1) is 9.31. The number of nitrogens with one attached hydrogen (secondary N) is 1. The molecule has 19 heavy (non-hydrogen) atoms. The van der Waals surface area contributed by atoms with Gasteiger partial charge >= 0.3 is 0 Å². The van der Waals surface area contributed by atoms with Gasteiger partial charge in [0.25, 0.3) is 0 Å². The molecule has 0 amide bonds. The van der Waals surface area contributed by atoms with Crippen molar-refractivity contribution in [1.82, 2.24) is 15.1 Å². The third-order valence-corrected chi connectivity index (χ3v) is 4.32. The van der Waals surface area contributed by atoms with Gasteiger partial charge in [-0.2, -0.15) is 0 Å². The highest BCUT2D eigenvalue weighted by atomic mass is 16.3. The Morgan fingerprint density at radius 3 is 2.42 bits per heavy atom. The van der Waals surface area contributed by atoms with Gasteiger partial charge in [0.15, 0.2) is 0 Å². The number of piperazine rings is 1. The summed E-state index contributed by atoms with van der Waals surface area (Å²) < 4.78 is 0. The summed E-state index contributed by atoms with van der Waals surface area (Å²) in [7, 11) is 0. The predicted octanol–water partition coefficient (Wildman–Crippen LogP) is 0.765. The fourth-order valence-electron chi connectivity index (χ4n) is 2.89. The van der Waals surface area contributed by atoms with Crippen molar-refractivity contribution in [2.24, 2.45) is 5.92 Å². The lowest BCUT2D eigenvalue weighted by atomic mass is 10.1. The Bertz CT molecular complexity index is 238. The molecule has 0 aromatic carbocycles. The van der Waals surface area contributed by atoms with Gasteiger partial charge in [-0.25, -0.2) is 0 Å². The Labute approximate surface area is 118 Å². The zero-order valence-electron chi connectivity index (χ0n) is 12.5. The quantitative estimate of drug-likeness (QED) is 0.648. The number of aliphatic hydroxyl groups is 1. The molecule has 1 heterocycles. The molecule has 4 heteroatoms. The van der Waals surface area contributed by atoms with Crippen LogP contribution in [0.1, 0.15) is 32.6 Å². The number of hydrogen-bond acceptors (Lipinski definition) is 4. The van der Waals surface area contributed by atoms with E-state index in [9.17, 15) is 0 Å². The highest BCUT2D eigenvalue weighted by Crippen LogP contribution is 2.29. The van der Waals surface area contributed by atoms with Gasteiger partial charge in [-0.3, -0.25) is 4.90 Å². The average molecular weight is 269 g/mol. The minimum atomic E-state index is 0.295. The molecule has 2 fully saturated rings. The van der Waals surface area contributed by atoms with Gasteiger partial charge in [0.05, 0.1) is 0 Å². The average Bonchev–Trinajstić information content (AvgIpc) is 3.22. The summed E-state index contributed by atoms with van der Waals surface area (Å²) in [6.07, 6.45) is 4.96. The molecule has 2 N–H and O–H groups in total. The van der Waals surface area contributed by atoms with Gasteiger partial charge in [-0.1, -0.05) is 6.92 Å². The Hall–Kier alpha value is -0.160. The van der Waals surface area contributed by atoms with Gasteiger partial charge in [0, 0.05) is 51.9 Å². The van der Waals surface area contributed by atoms with E-state index in [2.05, 4.69) is 22.0 Å². The summed E-state index contributed by atoms with van der Waals surface area (Å²) in [5.74, 6) is 1.01. The Morgan fingerprint density at radius 1 is 1.16 bits per heavy atom. The Morgan fingerprint density at radius 2 is 1.84 bits per heavy atom. The lowest BCUT2D eigenvalue weighted by molar-refractivity contribution is 0.114.